The predicted molar refractivity (Wildman–Crippen MR) is 38.9 cm³/mol. The van der Waals surface area contributed by atoms with Crippen LogP contribution in [0.25, 0.3) is 0 Å². The van der Waals surface area contributed by atoms with Gasteiger partial charge in [-0.25, -0.2) is 0 Å². The van der Waals surface area contributed by atoms with E-state index in [1.807, 2.05) is 6.92 Å². The van der Waals surface area contributed by atoms with Crippen LogP contribution in [0.15, 0.2) is 23.8 Å². The Labute approximate surface area is 51.9 Å². The molecule has 0 amide bonds. The van der Waals surface area contributed by atoms with Gasteiger partial charge in [-0.3, -0.25) is 0 Å². The van der Waals surface area contributed by atoms with Crippen LogP contribution in [0, 0.1) is 0 Å². The molecule has 0 saturated heterocycles. The highest BCUT2D eigenvalue weighted by Gasteiger charge is 1.80. The molecule has 0 unspecified atom stereocenters. The molecule has 0 saturated carbocycles. The highest BCUT2D eigenvalue weighted by atomic mass is 13.9. The summed E-state index contributed by atoms with van der Waals surface area (Å²) in [6.45, 7) is 10.0. The van der Waals surface area contributed by atoms with E-state index in [1.165, 1.54) is 5.57 Å². The van der Waals surface area contributed by atoms with Crippen molar-refractivity contribution < 1.29 is 0 Å². The summed E-state index contributed by atoms with van der Waals surface area (Å²) in [5.41, 5.74) is 2.54. The Morgan fingerprint density at radius 2 is 2.00 bits per heavy atom. The molecule has 0 aliphatic heterocycles. The first-order valence-corrected chi connectivity index (χ1v) is 2.99. The first kappa shape index (κ1) is 7.48. The van der Waals surface area contributed by atoms with Gasteiger partial charge in [-0.1, -0.05) is 30.7 Å². The lowest BCUT2D eigenvalue weighted by Gasteiger charge is -1.91. The van der Waals surface area contributed by atoms with E-state index in [2.05, 4.69) is 26.5 Å². The summed E-state index contributed by atoms with van der Waals surface area (Å²) in [6, 6.07) is 0. The fourth-order valence-corrected chi connectivity index (χ4v) is 0.523. The standard InChI is InChI=1S/C8H14/c1-5-8(4)6-7(2)3/h6H,2,5H2,1,3-4H3. The van der Waals surface area contributed by atoms with Crippen molar-refractivity contribution in [1.29, 1.82) is 0 Å². The molecule has 0 fully saturated rings. The van der Waals surface area contributed by atoms with Gasteiger partial charge in [0.05, 0.1) is 0 Å². The van der Waals surface area contributed by atoms with Crippen LogP contribution in [-0.2, 0) is 0 Å². The highest BCUT2D eigenvalue weighted by molar-refractivity contribution is 5.16. The Hall–Kier alpha value is -0.520. The minimum Gasteiger partial charge on any atom is -0.0961 e. The van der Waals surface area contributed by atoms with E-state index in [0.29, 0.717) is 0 Å². The van der Waals surface area contributed by atoms with Gasteiger partial charge in [0.15, 0.2) is 0 Å². The number of rotatable bonds is 2. The SMILES string of the molecule is C=C(C)C=C(C)CC. The minimum atomic E-state index is 1.13. The molecule has 0 N–H and O–H groups in total. The van der Waals surface area contributed by atoms with E-state index in [1.54, 1.807) is 0 Å². The van der Waals surface area contributed by atoms with Crippen LogP contribution in [-0.4, -0.2) is 0 Å². The maximum Gasteiger partial charge on any atom is -0.0348 e. The van der Waals surface area contributed by atoms with E-state index in [4.69, 9.17) is 0 Å². The zero-order chi connectivity index (χ0) is 6.57. The van der Waals surface area contributed by atoms with Gasteiger partial charge in [-0.05, 0) is 20.3 Å². The van der Waals surface area contributed by atoms with Crippen molar-refractivity contribution in [1.82, 2.24) is 0 Å². The van der Waals surface area contributed by atoms with Crippen LogP contribution < -0.4 is 0 Å². The van der Waals surface area contributed by atoms with Crippen LogP contribution in [0.1, 0.15) is 27.2 Å². The monoisotopic (exact) mass is 110 g/mol. The Morgan fingerprint density at radius 1 is 1.50 bits per heavy atom. The maximum atomic E-state index is 3.77. The van der Waals surface area contributed by atoms with E-state index >= 15 is 0 Å². The molecule has 0 aliphatic rings. The van der Waals surface area contributed by atoms with Gasteiger partial charge >= 0.3 is 0 Å². The zero-order valence-electron chi connectivity index (χ0n) is 5.99. The summed E-state index contributed by atoms with van der Waals surface area (Å²) in [4.78, 5) is 0. The van der Waals surface area contributed by atoms with Crippen LogP contribution in [0.3, 0.4) is 0 Å². The molecule has 0 radical (unpaired) electrons. The van der Waals surface area contributed by atoms with Gasteiger partial charge in [0, 0.05) is 0 Å². The van der Waals surface area contributed by atoms with Gasteiger partial charge in [0.1, 0.15) is 0 Å². The van der Waals surface area contributed by atoms with Gasteiger partial charge in [0.25, 0.3) is 0 Å². The first-order valence-electron chi connectivity index (χ1n) is 2.99. The Kier molecular flexibility index (Phi) is 3.25. The third-order valence-electron chi connectivity index (χ3n) is 1.05. The second-order valence-corrected chi connectivity index (χ2v) is 2.19. The molecular formula is C8H14. The highest BCUT2D eigenvalue weighted by Crippen LogP contribution is 2.01. The molecule has 0 spiro atoms. The fraction of sp³-hybridized carbons (Fsp3) is 0.500. The lowest BCUT2D eigenvalue weighted by Crippen LogP contribution is -1.70. The molecule has 0 nitrogen and oxygen atoms in total. The summed E-state index contributed by atoms with van der Waals surface area (Å²) >= 11 is 0. The molecule has 0 aromatic heterocycles. The molecule has 0 bridgehead atoms. The van der Waals surface area contributed by atoms with Crippen molar-refractivity contribution in [2.45, 2.75) is 27.2 Å². The second kappa shape index (κ2) is 3.48. The lowest BCUT2D eigenvalue weighted by atomic mass is 10.2. The van der Waals surface area contributed by atoms with E-state index in [0.717, 1.165) is 12.0 Å². The van der Waals surface area contributed by atoms with Gasteiger partial charge in [-0.2, -0.15) is 0 Å². The van der Waals surface area contributed by atoms with Crippen molar-refractivity contribution in [2.24, 2.45) is 0 Å². The van der Waals surface area contributed by atoms with Gasteiger partial charge in [-0.15, -0.1) is 0 Å². The van der Waals surface area contributed by atoms with Crippen LogP contribution in [0.4, 0.5) is 0 Å². The summed E-state index contributed by atoms with van der Waals surface area (Å²) in [6.07, 6.45) is 3.24. The third-order valence-corrected chi connectivity index (χ3v) is 1.05. The summed E-state index contributed by atoms with van der Waals surface area (Å²) < 4.78 is 0. The average Bonchev–Trinajstić information content (AvgIpc) is 1.65. The average molecular weight is 110 g/mol. The number of hydrogen-bond acceptors (Lipinski definition) is 0. The summed E-state index contributed by atoms with van der Waals surface area (Å²) in [7, 11) is 0. The van der Waals surface area contributed by atoms with E-state index in [9.17, 15) is 0 Å². The molecule has 0 aromatic carbocycles. The summed E-state index contributed by atoms with van der Waals surface area (Å²) in [5.74, 6) is 0. The number of allylic oxidation sites excluding steroid dienone is 3. The van der Waals surface area contributed by atoms with Crippen LogP contribution in [0.5, 0.6) is 0 Å². The molecule has 46 valence electrons. The lowest BCUT2D eigenvalue weighted by molar-refractivity contribution is 1.09. The molecular weight excluding hydrogens is 96.1 g/mol. The van der Waals surface area contributed by atoms with Crippen LogP contribution in [0.2, 0.25) is 0 Å². The third kappa shape index (κ3) is 3.66. The predicted octanol–water partition coefficient (Wildman–Crippen LogP) is 2.92. The fourth-order valence-electron chi connectivity index (χ4n) is 0.523. The number of hydrogen-bond donors (Lipinski definition) is 0. The maximum absolute atomic E-state index is 3.77. The molecule has 0 aliphatic carbocycles. The Balaban J connectivity index is 3.75. The molecule has 8 heavy (non-hydrogen) atoms. The zero-order valence-corrected chi connectivity index (χ0v) is 5.99. The Morgan fingerprint density at radius 3 is 2.12 bits per heavy atom. The molecule has 0 rings (SSSR count). The second-order valence-electron chi connectivity index (χ2n) is 2.19. The van der Waals surface area contributed by atoms with Crippen molar-refractivity contribution in [3.63, 3.8) is 0 Å². The minimum absolute atomic E-state index is 1.13. The largest absolute Gasteiger partial charge is 0.0961 e. The van der Waals surface area contributed by atoms with E-state index < -0.39 is 0 Å². The van der Waals surface area contributed by atoms with Crippen molar-refractivity contribution >= 4 is 0 Å². The Bertz CT molecular complexity index is 107. The van der Waals surface area contributed by atoms with Gasteiger partial charge < -0.3 is 0 Å². The first-order chi connectivity index (χ1) is 3.66. The smallest absolute Gasteiger partial charge is 0.0348 e. The molecule has 0 heterocycles. The quantitative estimate of drug-likeness (QED) is 0.479. The van der Waals surface area contributed by atoms with Crippen molar-refractivity contribution in [2.75, 3.05) is 0 Å². The topological polar surface area (TPSA) is 0 Å². The van der Waals surface area contributed by atoms with Gasteiger partial charge in [0.2, 0.25) is 0 Å². The molecule has 0 atom stereocenters. The van der Waals surface area contributed by atoms with Crippen molar-refractivity contribution in [3.05, 3.63) is 23.8 Å². The molecule has 0 heteroatoms. The van der Waals surface area contributed by atoms with Crippen molar-refractivity contribution in [3.8, 4) is 0 Å². The molecule has 0 aromatic rings. The summed E-state index contributed by atoms with van der Waals surface area (Å²) in [5, 5.41) is 0. The van der Waals surface area contributed by atoms with Crippen LogP contribution >= 0.6 is 0 Å². The normalized spacial score (nSPS) is 11.6. The van der Waals surface area contributed by atoms with E-state index in [-0.39, 0.29) is 0 Å².